The molecule has 0 saturated carbocycles. The van der Waals surface area contributed by atoms with Gasteiger partial charge >= 0.3 is 0 Å². The van der Waals surface area contributed by atoms with Gasteiger partial charge in [-0.15, -0.1) is 0 Å². The predicted octanol–water partition coefficient (Wildman–Crippen LogP) is 2.50. The Balaban J connectivity index is 2.61. The summed E-state index contributed by atoms with van der Waals surface area (Å²) in [4.78, 5) is 0. The first-order valence-electron chi connectivity index (χ1n) is 5.67. The van der Waals surface area contributed by atoms with Crippen LogP contribution < -0.4 is 15.2 Å². The third kappa shape index (κ3) is 1.99. The van der Waals surface area contributed by atoms with Gasteiger partial charge in [-0.1, -0.05) is 12.1 Å². The largest absolute Gasteiger partial charge is 0.493 e. The molecule has 18 heavy (non-hydrogen) atoms. The van der Waals surface area contributed by atoms with E-state index in [1.807, 2.05) is 19.1 Å². The highest BCUT2D eigenvalue weighted by Gasteiger charge is 2.16. The van der Waals surface area contributed by atoms with Crippen LogP contribution in [0.1, 0.15) is 12.5 Å². The number of aromatic nitrogens is 1. The predicted molar refractivity (Wildman–Crippen MR) is 68.8 cm³/mol. The van der Waals surface area contributed by atoms with Crippen molar-refractivity contribution in [2.24, 2.45) is 0 Å². The van der Waals surface area contributed by atoms with Crippen LogP contribution in [0.5, 0.6) is 11.5 Å². The average Bonchev–Trinajstić information content (AvgIpc) is 2.83. The van der Waals surface area contributed by atoms with Crippen molar-refractivity contribution in [3.05, 3.63) is 23.8 Å². The van der Waals surface area contributed by atoms with Crippen molar-refractivity contribution >= 4 is 5.88 Å². The summed E-state index contributed by atoms with van der Waals surface area (Å²) in [6.07, 6.45) is 0.794. The Labute approximate surface area is 105 Å². The van der Waals surface area contributed by atoms with Crippen LogP contribution in [0.4, 0.5) is 5.88 Å². The minimum absolute atomic E-state index is 0.293. The lowest BCUT2D eigenvalue weighted by molar-refractivity contribution is 0.352. The number of hydrogen-bond donors (Lipinski definition) is 1. The van der Waals surface area contributed by atoms with Crippen LogP contribution in [-0.4, -0.2) is 19.4 Å². The lowest BCUT2D eigenvalue weighted by Gasteiger charge is -2.14. The molecular formula is C13H16N2O3. The van der Waals surface area contributed by atoms with Crippen molar-refractivity contribution < 1.29 is 14.0 Å². The number of nitrogen functional groups attached to an aromatic ring is 1. The van der Waals surface area contributed by atoms with Gasteiger partial charge in [0, 0.05) is 17.2 Å². The molecule has 2 rings (SSSR count). The molecule has 1 heterocycles. The maximum Gasteiger partial charge on any atom is 0.222 e. The van der Waals surface area contributed by atoms with E-state index < -0.39 is 0 Å². The number of benzene rings is 1. The molecule has 0 aliphatic heterocycles. The number of anilines is 1. The zero-order chi connectivity index (χ0) is 13.1. The molecule has 0 aliphatic carbocycles. The van der Waals surface area contributed by atoms with Gasteiger partial charge < -0.3 is 19.7 Å². The number of rotatable bonds is 4. The van der Waals surface area contributed by atoms with Crippen LogP contribution in [0.3, 0.4) is 0 Å². The van der Waals surface area contributed by atoms with Gasteiger partial charge in [0.15, 0.2) is 11.5 Å². The van der Waals surface area contributed by atoms with Crippen molar-refractivity contribution in [1.82, 2.24) is 5.16 Å². The minimum atomic E-state index is 0.293. The minimum Gasteiger partial charge on any atom is -0.493 e. The smallest absolute Gasteiger partial charge is 0.222 e. The maximum atomic E-state index is 5.55. The van der Waals surface area contributed by atoms with Crippen molar-refractivity contribution in [1.29, 1.82) is 0 Å². The quantitative estimate of drug-likeness (QED) is 0.900. The van der Waals surface area contributed by atoms with Crippen molar-refractivity contribution in [2.45, 2.75) is 13.3 Å². The van der Waals surface area contributed by atoms with Gasteiger partial charge in [-0.05, 0) is 18.6 Å². The molecule has 1 aromatic heterocycles. The molecule has 1 aromatic carbocycles. The van der Waals surface area contributed by atoms with Crippen LogP contribution in [0.15, 0.2) is 22.7 Å². The molecule has 0 radical (unpaired) electrons. The second-order valence-corrected chi connectivity index (χ2v) is 3.80. The summed E-state index contributed by atoms with van der Waals surface area (Å²) in [7, 11) is 3.24. The number of hydrogen-bond acceptors (Lipinski definition) is 5. The molecule has 0 amide bonds. The van der Waals surface area contributed by atoms with Gasteiger partial charge in [-0.3, -0.25) is 0 Å². The number of nitrogens with two attached hydrogens (primary N) is 1. The highest BCUT2D eigenvalue weighted by molar-refractivity contribution is 5.71. The zero-order valence-corrected chi connectivity index (χ0v) is 10.7. The van der Waals surface area contributed by atoms with Crippen LogP contribution in [0.25, 0.3) is 11.3 Å². The summed E-state index contributed by atoms with van der Waals surface area (Å²) < 4.78 is 15.6. The third-order valence-electron chi connectivity index (χ3n) is 2.81. The van der Waals surface area contributed by atoms with E-state index in [9.17, 15) is 0 Å². The lowest BCUT2D eigenvalue weighted by Crippen LogP contribution is -1.98. The van der Waals surface area contributed by atoms with E-state index in [2.05, 4.69) is 5.16 Å². The molecule has 2 aromatic rings. The molecule has 96 valence electrons. The summed E-state index contributed by atoms with van der Waals surface area (Å²) >= 11 is 0. The fraction of sp³-hybridized carbons (Fsp3) is 0.308. The molecule has 5 nitrogen and oxygen atoms in total. The fourth-order valence-corrected chi connectivity index (χ4v) is 2.00. The van der Waals surface area contributed by atoms with Gasteiger partial charge in [0.1, 0.15) is 5.69 Å². The van der Waals surface area contributed by atoms with Gasteiger partial charge in [0.05, 0.1) is 14.2 Å². The van der Waals surface area contributed by atoms with E-state index in [-0.39, 0.29) is 0 Å². The topological polar surface area (TPSA) is 70.5 Å². The van der Waals surface area contributed by atoms with Gasteiger partial charge in [0.25, 0.3) is 0 Å². The van der Waals surface area contributed by atoms with E-state index in [0.29, 0.717) is 17.3 Å². The summed E-state index contributed by atoms with van der Waals surface area (Å²) in [6.45, 7) is 2.05. The Bertz CT molecular complexity index is 549. The molecule has 0 unspecified atom stereocenters. The third-order valence-corrected chi connectivity index (χ3v) is 2.81. The lowest BCUT2D eigenvalue weighted by atomic mass is 10.0. The number of nitrogens with zero attached hydrogens (tertiary/aromatic N) is 1. The van der Waals surface area contributed by atoms with E-state index >= 15 is 0 Å². The van der Waals surface area contributed by atoms with Gasteiger partial charge in [0.2, 0.25) is 5.88 Å². The van der Waals surface area contributed by atoms with Crippen LogP contribution in [0, 0.1) is 0 Å². The Morgan fingerprint density at radius 1 is 1.28 bits per heavy atom. The zero-order valence-electron chi connectivity index (χ0n) is 10.7. The fourth-order valence-electron chi connectivity index (χ4n) is 2.00. The first-order chi connectivity index (χ1) is 8.71. The Hall–Kier alpha value is -2.17. The molecule has 0 bridgehead atoms. The van der Waals surface area contributed by atoms with E-state index in [4.69, 9.17) is 19.7 Å². The average molecular weight is 248 g/mol. The molecule has 0 spiro atoms. The Kier molecular flexibility index (Phi) is 3.41. The van der Waals surface area contributed by atoms with E-state index in [1.54, 1.807) is 20.3 Å². The molecule has 0 saturated heterocycles. The Morgan fingerprint density at radius 3 is 2.56 bits per heavy atom. The molecular weight excluding hydrogens is 232 g/mol. The van der Waals surface area contributed by atoms with Crippen molar-refractivity contribution in [3.63, 3.8) is 0 Å². The normalized spacial score (nSPS) is 10.4. The van der Waals surface area contributed by atoms with Crippen LogP contribution in [-0.2, 0) is 6.42 Å². The maximum absolute atomic E-state index is 5.55. The molecule has 5 heteroatoms. The van der Waals surface area contributed by atoms with E-state index in [1.165, 1.54) is 0 Å². The SMILES string of the molecule is CCc1c(-c2cc(N)on2)ccc(OC)c1OC. The summed E-state index contributed by atoms with van der Waals surface area (Å²) in [5, 5.41) is 3.93. The van der Waals surface area contributed by atoms with Gasteiger partial charge in [-0.2, -0.15) is 0 Å². The van der Waals surface area contributed by atoms with Crippen molar-refractivity contribution in [2.75, 3.05) is 20.0 Å². The monoisotopic (exact) mass is 248 g/mol. The van der Waals surface area contributed by atoms with Crippen LogP contribution >= 0.6 is 0 Å². The number of methoxy groups -OCH3 is 2. The summed E-state index contributed by atoms with van der Waals surface area (Å²) in [5.41, 5.74) is 8.21. The van der Waals surface area contributed by atoms with Gasteiger partial charge in [-0.25, -0.2) is 0 Å². The molecule has 0 atom stereocenters. The molecule has 2 N–H and O–H groups in total. The van der Waals surface area contributed by atoms with Crippen molar-refractivity contribution in [3.8, 4) is 22.8 Å². The van der Waals surface area contributed by atoms with E-state index in [0.717, 1.165) is 23.3 Å². The second kappa shape index (κ2) is 5.00. The molecule has 0 fully saturated rings. The first-order valence-corrected chi connectivity index (χ1v) is 5.67. The molecule has 0 aliphatic rings. The number of ether oxygens (including phenoxy) is 2. The second-order valence-electron chi connectivity index (χ2n) is 3.80. The summed E-state index contributed by atoms with van der Waals surface area (Å²) in [5.74, 6) is 1.72. The van der Waals surface area contributed by atoms with Crippen LogP contribution in [0.2, 0.25) is 0 Å². The first kappa shape index (κ1) is 12.3. The summed E-state index contributed by atoms with van der Waals surface area (Å²) in [6, 6.07) is 5.47. The highest BCUT2D eigenvalue weighted by atomic mass is 16.5. The standard InChI is InChI=1S/C13H16N2O3/c1-4-8-9(10-7-12(14)18-15-10)5-6-11(16-2)13(8)17-3/h5-7H,4,14H2,1-3H3. The highest BCUT2D eigenvalue weighted by Crippen LogP contribution is 2.38. The Morgan fingerprint density at radius 2 is 2.06 bits per heavy atom.